The topological polar surface area (TPSA) is 29.4 Å². The van der Waals surface area contributed by atoms with Crippen molar-refractivity contribution in [3.8, 4) is 0 Å². The van der Waals surface area contributed by atoms with E-state index in [9.17, 15) is 4.79 Å². The molecule has 0 aliphatic rings. The predicted molar refractivity (Wildman–Crippen MR) is 51.0 cm³/mol. The Balaban J connectivity index is 3.20. The highest BCUT2D eigenvalue weighted by molar-refractivity contribution is 7.98. The van der Waals surface area contributed by atoms with Crippen molar-refractivity contribution in [2.24, 2.45) is 4.99 Å². The third kappa shape index (κ3) is 2.11. The number of thioether (sulfide) groups is 1. The third-order valence-corrected chi connectivity index (χ3v) is 2.33. The molecule has 0 radical (unpaired) electrons. The lowest BCUT2D eigenvalue weighted by molar-refractivity contribution is 0.565. The van der Waals surface area contributed by atoms with Crippen LogP contribution in [0.15, 0.2) is 28.1 Å². The van der Waals surface area contributed by atoms with Gasteiger partial charge in [-0.25, -0.2) is 4.79 Å². The number of benzene rings is 1. The molecule has 0 aliphatic heterocycles. The molecule has 0 bridgehead atoms. The van der Waals surface area contributed by atoms with Crippen molar-refractivity contribution in [1.82, 2.24) is 0 Å². The molecule has 1 aromatic carbocycles. The smallest absolute Gasteiger partial charge is 0.211 e. The number of hydrogen-bond acceptors (Lipinski definition) is 3. The fraction of sp³-hybridized carbons (Fsp3) is 0.125. The van der Waals surface area contributed by atoms with E-state index in [1.807, 2.05) is 12.3 Å². The number of nitrogens with zero attached hydrogens (tertiary/aromatic N) is 1. The molecule has 0 aromatic heterocycles. The van der Waals surface area contributed by atoms with E-state index in [-0.39, 0.29) is 0 Å². The van der Waals surface area contributed by atoms with Gasteiger partial charge in [-0.05, 0) is 24.5 Å². The molecule has 2 nitrogen and oxygen atoms in total. The summed E-state index contributed by atoms with van der Waals surface area (Å²) in [6.45, 7) is 0. The molecule has 0 amide bonds. The van der Waals surface area contributed by atoms with Gasteiger partial charge in [0, 0.05) is 9.92 Å². The van der Waals surface area contributed by atoms with Crippen LogP contribution in [0.5, 0.6) is 0 Å². The highest BCUT2D eigenvalue weighted by Crippen LogP contribution is 2.30. The highest BCUT2D eigenvalue weighted by atomic mass is 35.5. The molecule has 0 aliphatic carbocycles. The van der Waals surface area contributed by atoms with Crippen molar-refractivity contribution in [3.05, 3.63) is 23.2 Å². The van der Waals surface area contributed by atoms with Gasteiger partial charge >= 0.3 is 0 Å². The van der Waals surface area contributed by atoms with Crippen molar-refractivity contribution < 1.29 is 4.79 Å². The SMILES string of the molecule is CSc1ccc(Cl)cc1N=C=O. The molecule has 0 unspecified atom stereocenters. The van der Waals surface area contributed by atoms with Gasteiger partial charge in [-0.1, -0.05) is 11.6 Å². The average Bonchev–Trinajstić information content (AvgIpc) is 2.05. The Kier molecular flexibility index (Phi) is 3.35. The van der Waals surface area contributed by atoms with Crippen LogP contribution in [0.1, 0.15) is 0 Å². The molecule has 0 fully saturated rings. The van der Waals surface area contributed by atoms with Gasteiger partial charge < -0.3 is 0 Å². The summed E-state index contributed by atoms with van der Waals surface area (Å²) >= 11 is 7.22. The van der Waals surface area contributed by atoms with Gasteiger partial charge in [-0.2, -0.15) is 4.99 Å². The second-order valence-electron chi connectivity index (χ2n) is 2.02. The third-order valence-electron chi connectivity index (χ3n) is 1.31. The number of hydrogen-bond donors (Lipinski definition) is 0. The molecule has 4 heteroatoms. The fourth-order valence-corrected chi connectivity index (χ4v) is 1.48. The molecule has 0 atom stereocenters. The van der Waals surface area contributed by atoms with Crippen LogP contribution in [0.2, 0.25) is 5.02 Å². The second-order valence-corrected chi connectivity index (χ2v) is 3.30. The number of isocyanates is 1. The van der Waals surface area contributed by atoms with Gasteiger partial charge in [0.1, 0.15) is 0 Å². The Hall–Kier alpha value is -0.760. The standard InChI is InChI=1S/C8H6ClNOS/c1-12-8-3-2-6(9)4-7(8)10-5-11/h2-4H,1H3. The molecule has 0 heterocycles. The zero-order valence-electron chi connectivity index (χ0n) is 6.37. The van der Waals surface area contributed by atoms with Gasteiger partial charge in [0.25, 0.3) is 0 Å². The van der Waals surface area contributed by atoms with Gasteiger partial charge in [-0.15, -0.1) is 11.8 Å². The predicted octanol–water partition coefficient (Wildman–Crippen LogP) is 3.03. The first-order chi connectivity index (χ1) is 5.77. The van der Waals surface area contributed by atoms with E-state index in [4.69, 9.17) is 11.6 Å². The molecule has 1 aromatic rings. The van der Waals surface area contributed by atoms with Crippen LogP contribution in [0, 0.1) is 0 Å². The molecular formula is C8H6ClNOS. The minimum Gasteiger partial charge on any atom is -0.211 e. The van der Waals surface area contributed by atoms with E-state index in [0.717, 1.165) is 4.90 Å². The van der Waals surface area contributed by atoms with Crippen LogP contribution in [-0.2, 0) is 4.79 Å². The first-order valence-electron chi connectivity index (χ1n) is 3.19. The summed E-state index contributed by atoms with van der Waals surface area (Å²) in [5.74, 6) is 0. The number of halogens is 1. The maximum atomic E-state index is 10.0. The van der Waals surface area contributed by atoms with Crippen molar-refractivity contribution in [2.75, 3.05) is 6.26 Å². The normalized spacial score (nSPS) is 9.17. The van der Waals surface area contributed by atoms with Crippen LogP contribution in [0.25, 0.3) is 0 Å². The van der Waals surface area contributed by atoms with Gasteiger partial charge in [0.2, 0.25) is 6.08 Å². The highest BCUT2D eigenvalue weighted by Gasteiger charge is 1.99. The largest absolute Gasteiger partial charge is 0.240 e. The Morgan fingerprint density at radius 2 is 2.33 bits per heavy atom. The zero-order chi connectivity index (χ0) is 8.97. The second kappa shape index (κ2) is 4.31. The summed E-state index contributed by atoms with van der Waals surface area (Å²) in [5, 5.41) is 0.571. The minimum absolute atomic E-state index is 0.571. The van der Waals surface area contributed by atoms with E-state index < -0.39 is 0 Å². The lowest BCUT2D eigenvalue weighted by Gasteiger charge is -1.99. The number of rotatable bonds is 2. The zero-order valence-corrected chi connectivity index (χ0v) is 7.95. The van der Waals surface area contributed by atoms with Gasteiger partial charge in [0.15, 0.2) is 0 Å². The Bertz CT molecular complexity index is 334. The molecular weight excluding hydrogens is 194 g/mol. The van der Waals surface area contributed by atoms with E-state index in [2.05, 4.69) is 4.99 Å². The Labute approximate surface area is 79.6 Å². The van der Waals surface area contributed by atoms with Gasteiger partial charge in [0.05, 0.1) is 5.69 Å². The van der Waals surface area contributed by atoms with Crippen LogP contribution in [0.3, 0.4) is 0 Å². The van der Waals surface area contributed by atoms with Crippen molar-refractivity contribution in [3.63, 3.8) is 0 Å². The first kappa shape index (κ1) is 9.33. The van der Waals surface area contributed by atoms with E-state index in [1.165, 1.54) is 17.8 Å². The van der Waals surface area contributed by atoms with E-state index in [1.54, 1.807) is 12.1 Å². The lowest BCUT2D eigenvalue weighted by atomic mass is 10.3. The molecule has 0 saturated heterocycles. The van der Waals surface area contributed by atoms with Crippen LogP contribution in [-0.4, -0.2) is 12.3 Å². The van der Waals surface area contributed by atoms with Crippen LogP contribution in [0.4, 0.5) is 5.69 Å². The Morgan fingerprint density at radius 1 is 1.58 bits per heavy atom. The maximum absolute atomic E-state index is 10.0. The van der Waals surface area contributed by atoms with Crippen molar-refractivity contribution in [1.29, 1.82) is 0 Å². The quantitative estimate of drug-likeness (QED) is 0.416. The summed E-state index contributed by atoms with van der Waals surface area (Å²) in [4.78, 5) is 14.5. The van der Waals surface area contributed by atoms with Crippen molar-refractivity contribution in [2.45, 2.75) is 4.90 Å². The molecule has 0 saturated carbocycles. The van der Waals surface area contributed by atoms with E-state index >= 15 is 0 Å². The molecule has 1 rings (SSSR count). The minimum atomic E-state index is 0.571. The van der Waals surface area contributed by atoms with E-state index in [0.29, 0.717) is 10.7 Å². The summed E-state index contributed by atoms with van der Waals surface area (Å²) in [6.07, 6.45) is 3.40. The van der Waals surface area contributed by atoms with Crippen LogP contribution >= 0.6 is 23.4 Å². The number of carbonyl (C=O) groups excluding carboxylic acids is 1. The molecule has 0 N–H and O–H groups in total. The summed E-state index contributed by atoms with van der Waals surface area (Å²) < 4.78 is 0. The van der Waals surface area contributed by atoms with Gasteiger partial charge in [-0.3, -0.25) is 0 Å². The van der Waals surface area contributed by atoms with Crippen LogP contribution < -0.4 is 0 Å². The Morgan fingerprint density at radius 3 is 2.92 bits per heavy atom. The summed E-state index contributed by atoms with van der Waals surface area (Å²) in [6, 6.07) is 5.22. The van der Waals surface area contributed by atoms with Crippen molar-refractivity contribution >= 4 is 35.1 Å². The maximum Gasteiger partial charge on any atom is 0.240 e. The average molecular weight is 200 g/mol. The lowest BCUT2D eigenvalue weighted by Crippen LogP contribution is -1.72. The first-order valence-corrected chi connectivity index (χ1v) is 4.79. The molecule has 0 spiro atoms. The number of aliphatic imine (C=N–C) groups is 1. The fourth-order valence-electron chi connectivity index (χ4n) is 0.800. The summed E-state index contributed by atoms with van der Waals surface area (Å²) in [5.41, 5.74) is 0.574. The summed E-state index contributed by atoms with van der Waals surface area (Å²) in [7, 11) is 0. The molecule has 12 heavy (non-hydrogen) atoms. The molecule has 62 valence electrons. The monoisotopic (exact) mass is 199 g/mol.